The van der Waals surface area contributed by atoms with E-state index in [2.05, 4.69) is 4.74 Å². The Morgan fingerprint density at radius 3 is 2.73 bits per heavy atom. The quantitative estimate of drug-likeness (QED) is 0.255. The van der Waals surface area contributed by atoms with Crippen LogP contribution in [-0.4, -0.2) is 24.1 Å². The maximum atomic E-state index is 10.7. The van der Waals surface area contributed by atoms with Crippen molar-refractivity contribution in [2.45, 2.75) is 6.92 Å². The molecule has 0 atom stereocenters. The minimum Gasteiger partial charge on any atom is -0.513 e. The number of hydrogen-bond donors (Lipinski definition) is 2. The number of hydrogen-bond acceptors (Lipinski definition) is 4. The highest BCUT2D eigenvalue weighted by atomic mass is 16.5. The molecular weight excluding hydrogens is 150 g/mol. The van der Waals surface area contributed by atoms with E-state index in [0.29, 0.717) is 6.26 Å². The van der Waals surface area contributed by atoms with Crippen LogP contribution in [0.5, 0.6) is 0 Å². The summed E-state index contributed by atoms with van der Waals surface area (Å²) < 4.78 is 4.46. The summed E-state index contributed by atoms with van der Waals surface area (Å²) in [5, 5.41) is 10.3. The highest BCUT2D eigenvalue weighted by Gasteiger charge is 2.08. The standard InChI is InChI=1S/C6H9NO4/c1-2-11-6(10)5(3-8)7-4-9/h3-4,8H,2H2,1H3,(H,7,9)/b5-3+. The smallest absolute Gasteiger partial charge is 0.358 e. The lowest BCUT2D eigenvalue weighted by molar-refractivity contribution is -0.139. The van der Waals surface area contributed by atoms with E-state index in [4.69, 9.17) is 5.11 Å². The predicted octanol–water partition coefficient (Wildman–Crippen LogP) is -0.305. The van der Waals surface area contributed by atoms with Gasteiger partial charge in [-0.3, -0.25) is 4.79 Å². The number of amides is 1. The number of aliphatic hydroxyl groups is 1. The van der Waals surface area contributed by atoms with Gasteiger partial charge in [-0.15, -0.1) is 0 Å². The maximum absolute atomic E-state index is 10.7. The monoisotopic (exact) mass is 159 g/mol. The fraction of sp³-hybridized carbons (Fsp3) is 0.333. The summed E-state index contributed by atoms with van der Waals surface area (Å²) >= 11 is 0. The van der Waals surface area contributed by atoms with E-state index < -0.39 is 5.97 Å². The average Bonchev–Trinajstić information content (AvgIpc) is 2.00. The lowest BCUT2D eigenvalue weighted by atomic mass is 10.5. The van der Waals surface area contributed by atoms with Gasteiger partial charge in [0.05, 0.1) is 6.61 Å². The molecule has 0 unspecified atom stereocenters. The van der Waals surface area contributed by atoms with Crippen LogP contribution >= 0.6 is 0 Å². The zero-order chi connectivity index (χ0) is 8.69. The third kappa shape index (κ3) is 3.24. The van der Waals surface area contributed by atoms with Crippen LogP contribution in [-0.2, 0) is 14.3 Å². The minimum absolute atomic E-state index is 0.191. The summed E-state index contributed by atoms with van der Waals surface area (Å²) in [5.74, 6) is -0.762. The lowest BCUT2D eigenvalue weighted by Gasteiger charge is -2.01. The first-order chi connectivity index (χ1) is 5.26. The summed E-state index contributed by atoms with van der Waals surface area (Å²) in [6, 6.07) is 0. The second-order valence-electron chi connectivity index (χ2n) is 1.53. The van der Waals surface area contributed by atoms with Gasteiger partial charge in [-0.2, -0.15) is 0 Å². The Hall–Kier alpha value is -1.52. The molecule has 62 valence electrons. The van der Waals surface area contributed by atoms with Crippen molar-refractivity contribution in [3.05, 3.63) is 12.0 Å². The van der Waals surface area contributed by atoms with Gasteiger partial charge in [-0.05, 0) is 6.92 Å². The van der Waals surface area contributed by atoms with Crippen molar-refractivity contribution in [3.63, 3.8) is 0 Å². The highest BCUT2D eigenvalue weighted by molar-refractivity contribution is 5.89. The van der Waals surface area contributed by atoms with Gasteiger partial charge in [-0.1, -0.05) is 0 Å². The van der Waals surface area contributed by atoms with E-state index in [0.717, 1.165) is 0 Å². The van der Waals surface area contributed by atoms with Crippen LogP contribution in [0.2, 0.25) is 0 Å². The van der Waals surface area contributed by atoms with Crippen molar-refractivity contribution < 1.29 is 19.4 Å². The Balaban J connectivity index is 4.04. The fourth-order valence-electron chi connectivity index (χ4n) is 0.421. The van der Waals surface area contributed by atoms with Gasteiger partial charge in [0.1, 0.15) is 6.26 Å². The summed E-state index contributed by atoms with van der Waals surface area (Å²) in [7, 11) is 0. The minimum atomic E-state index is -0.762. The van der Waals surface area contributed by atoms with Gasteiger partial charge in [0.2, 0.25) is 6.41 Å². The summed E-state index contributed by atoms with van der Waals surface area (Å²) in [4.78, 5) is 20.5. The molecular formula is C6H9NO4. The van der Waals surface area contributed by atoms with Crippen LogP contribution in [0.1, 0.15) is 6.92 Å². The normalized spacial score (nSPS) is 10.5. The zero-order valence-corrected chi connectivity index (χ0v) is 6.03. The molecule has 0 aliphatic carbocycles. The van der Waals surface area contributed by atoms with Crippen molar-refractivity contribution >= 4 is 12.4 Å². The molecule has 2 N–H and O–H groups in total. The molecule has 5 nitrogen and oxygen atoms in total. The van der Waals surface area contributed by atoms with Gasteiger partial charge >= 0.3 is 5.97 Å². The second kappa shape index (κ2) is 5.28. The molecule has 5 heteroatoms. The van der Waals surface area contributed by atoms with E-state index >= 15 is 0 Å². The number of carbonyl (C=O) groups is 2. The number of rotatable bonds is 4. The highest BCUT2D eigenvalue weighted by Crippen LogP contribution is 1.90. The Morgan fingerprint density at radius 2 is 2.36 bits per heavy atom. The number of carbonyl (C=O) groups excluding carboxylic acids is 2. The largest absolute Gasteiger partial charge is 0.513 e. The van der Waals surface area contributed by atoms with Gasteiger partial charge in [0, 0.05) is 0 Å². The number of esters is 1. The molecule has 11 heavy (non-hydrogen) atoms. The van der Waals surface area contributed by atoms with Gasteiger partial charge in [-0.25, -0.2) is 4.79 Å². The van der Waals surface area contributed by atoms with Gasteiger partial charge in [0.25, 0.3) is 0 Å². The van der Waals surface area contributed by atoms with E-state index in [9.17, 15) is 9.59 Å². The maximum Gasteiger partial charge on any atom is 0.358 e. The van der Waals surface area contributed by atoms with Crippen molar-refractivity contribution in [3.8, 4) is 0 Å². The number of aliphatic hydroxyl groups excluding tert-OH is 1. The molecule has 0 heterocycles. The second-order valence-corrected chi connectivity index (χ2v) is 1.53. The molecule has 0 saturated heterocycles. The summed E-state index contributed by atoms with van der Waals surface area (Å²) in [6.45, 7) is 1.81. The lowest BCUT2D eigenvalue weighted by Crippen LogP contribution is -2.20. The molecule has 0 radical (unpaired) electrons. The molecule has 0 rings (SSSR count). The Labute approximate surface area is 63.7 Å². The topological polar surface area (TPSA) is 75.6 Å². The van der Waals surface area contributed by atoms with E-state index in [1.807, 2.05) is 5.32 Å². The van der Waals surface area contributed by atoms with Crippen LogP contribution in [0.25, 0.3) is 0 Å². The molecule has 0 saturated carbocycles. The summed E-state index contributed by atoms with van der Waals surface area (Å²) in [5.41, 5.74) is -0.276. The average molecular weight is 159 g/mol. The van der Waals surface area contributed by atoms with Crippen molar-refractivity contribution in [2.24, 2.45) is 0 Å². The molecule has 0 aliphatic rings. The van der Waals surface area contributed by atoms with Gasteiger partial charge in [0.15, 0.2) is 5.70 Å². The van der Waals surface area contributed by atoms with Crippen molar-refractivity contribution in [2.75, 3.05) is 6.61 Å². The molecule has 0 aromatic rings. The van der Waals surface area contributed by atoms with E-state index in [1.54, 1.807) is 6.92 Å². The van der Waals surface area contributed by atoms with Crippen molar-refractivity contribution in [1.82, 2.24) is 5.32 Å². The van der Waals surface area contributed by atoms with Crippen LogP contribution in [0.15, 0.2) is 12.0 Å². The number of nitrogens with one attached hydrogen (secondary N) is 1. The van der Waals surface area contributed by atoms with E-state index in [-0.39, 0.29) is 18.7 Å². The summed E-state index contributed by atoms with van der Waals surface area (Å²) in [6.07, 6.45) is 0.755. The first-order valence-electron chi connectivity index (χ1n) is 2.98. The molecule has 1 amide bonds. The molecule has 0 spiro atoms. The zero-order valence-electron chi connectivity index (χ0n) is 6.03. The van der Waals surface area contributed by atoms with Crippen molar-refractivity contribution in [1.29, 1.82) is 0 Å². The van der Waals surface area contributed by atoms with Crippen LogP contribution < -0.4 is 5.32 Å². The van der Waals surface area contributed by atoms with Gasteiger partial charge < -0.3 is 15.2 Å². The Morgan fingerprint density at radius 1 is 1.73 bits per heavy atom. The van der Waals surface area contributed by atoms with Crippen LogP contribution in [0.3, 0.4) is 0 Å². The van der Waals surface area contributed by atoms with E-state index in [1.165, 1.54) is 0 Å². The Bertz CT molecular complexity index is 175. The molecule has 0 aliphatic heterocycles. The van der Waals surface area contributed by atoms with Crippen LogP contribution in [0.4, 0.5) is 0 Å². The molecule has 0 bridgehead atoms. The van der Waals surface area contributed by atoms with Crippen LogP contribution in [0, 0.1) is 0 Å². The fourth-order valence-corrected chi connectivity index (χ4v) is 0.421. The predicted molar refractivity (Wildman–Crippen MR) is 36.5 cm³/mol. The first kappa shape index (κ1) is 9.48. The third-order valence-corrected chi connectivity index (χ3v) is 0.839. The molecule has 0 aromatic carbocycles. The first-order valence-corrected chi connectivity index (χ1v) is 2.98. The Kier molecular flexibility index (Phi) is 4.55. The SMILES string of the molecule is CCOC(=O)/C(=C\O)NC=O. The number of ether oxygens (including phenoxy) is 1. The molecule has 0 aromatic heterocycles. The molecule has 0 fully saturated rings. The third-order valence-electron chi connectivity index (χ3n) is 0.839.